The van der Waals surface area contributed by atoms with Gasteiger partial charge >= 0.3 is 0 Å². The smallest absolute Gasteiger partial charge is 0.166 e. The van der Waals surface area contributed by atoms with Crippen molar-refractivity contribution in [2.45, 2.75) is 13.5 Å². The molecule has 0 heterocycles. The van der Waals surface area contributed by atoms with Gasteiger partial charge in [-0.2, -0.15) is 0 Å². The lowest BCUT2D eigenvalue weighted by Crippen LogP contribution is -2.17. The molecule has 1 N–H and O–H groups in total. The van der Waals surface area contributed by atoms with Crippen molar-refractivity contribution in [3.8, 4) is 17.2 Å². The van der Waals surface area contributed by atoms with Gasteiger partial charge in [0.1, 0.15) is 5.75 Å². The Morgan fingerprint density at radius 3 is 1.83 bits per heavy atom. The highest BCUT2D eigenvalue weighted by Crippen LogP contribution is 2.28. The van der Waals surface area contributed by atoms with Crippen molar-refractivity contribution < 1.29 is 28.9 Å². The molecule has 6 nitrogen and oxygen atoms in total. The molecule has 2 rings (SSSR count). The molecule has 2 aromatic rings. The largest absolute Gasteiger partial charge is 0.496 e. The van der Waals surface area contributed by atoms with Crippen LogP contribution < -0.4 is 14.2 Å². The predicted molar refractivity (Wildman–Crippen MR) is 116 cm³/mol. The Morgan fingerprint density at radius 2 is 1.33 bits per heavy atom. The summed E-state index contributed by atoms with van der Waals surface area (Å²) in [6.45, 7) is 1.40. The maximum Gasteiger partial charge on any atom is 0.166 e. The molecule has 6 heteroatoms. The number of aliphatic hydroxyl groups excluding tert-OH is 1. The molecule has 30 heavy (non-hydrogen) atoms. The summed E-state index contributed by atoms with van der Waals surface area (Å²) in [6, 6.07) is 10.5. The minimum Gasteiger partial charge on any atom is -0.496 e. The van der Waals surface area contributed by atoms with E-state index in [1.807, 2.05) is 0 Å². The van der Waals surface area contributed by atoms with Crippen LogP contribution in [-0.4, -0.2) is 38.0 Å². The van der Waals surface area contributed by atoms with Gasteiger partial charge in [0.25, 0.3) is 0 Å². The van der Waals surface area contributed by atoms with E-state index in [1.54, 1.807) is 62.6 Å². The van der Waals surface area contributed by atoms with Gasteiger partial charge < -0.3 is 19.3 Å². The van der Waals surface area contributed by atoms with Crippen molar-refractivity contribution in [2.24, 2.45) is 5.92 Å². The van der Waals surface area contributed by atoms with Gasteiger partial charge in [0.15, 0.2) is 23.1 Å². The summed E-state index contributed by atoms with van der Waals surface area (Å²) >= 11 is 0. The normalized spacial score (nSPS) is 12.2. The Kier molecular flexibility index (Phi) is 8.38. The SMILES string of the molecule is COc1ccc(/C=C/C(=O)C(C)C(=O)/C=C/c2ccc(OC)c(OC)c2)cc1CO. The van der Waals surface area contributed by atoms with Crippen LogP contribution in [0.3, 0.4) is 0 Å². The van der Waals surface area contributed by atoms with Gasteiger partial charge in [-0.25, -0.2) is 0 Å². The summed E-state index contributed by atoms with van der Waals surface area (Å²) in [5.41, 5.74) is 2.11. The van der Waals surface area contributed by atoms with Crippen molar-refractivity contribution in [3.63, 3.8) is 0 Å². The molecule has 0 aromatic heterocycles. The van der Waals surface area contributed by atoms with Crippen LogP contribution >= 0.6 is 0 Å². The van der Waals surface area contributed by atoms with Crippen molar-refractivity contribution in [2.75, 3.05) is 21.3 Å². The van der Waals surface area contributed by atoms with E-state index in [-0.39, 0.29) is 18.2 Å². The summed E-state index contributed by atoms with van der Waals surface area (Å²) in [5.74, 6) is 0.306. The Labute approximate surface area is 176 Å². The summed E-state index contributed by atoms with van der Waals surface area (Å²) in [5, 5.41) is 9.39. The topological polar surface area (TPSA) is 82.1 Å². The summed E-state index contributed by atoms with van der Waals surface area (Å²) in [6.07, 6.45) is 6.00. The molecule has 0 amide bonds. The summed E-state index contributed by atoms with van der Waals surface area (Å²) in [4.78, 5) is 24.8. The Hall–Kier alpha value is -3.38. The number of ether oxygens (including phenoxy) is 3. The Morgan fingerprint density at radius 1 is 0.833 bits per heavy atom. The van der Waals surface area contributed by atoms with Crippen LogP contribution in [-0.2, 0) is 16.2 Å². The molecule has 0 bridgehead atoms. The number of allylic oxidation sites excluding steroid dienone is 2. The van der Waals surface area contributed by atoms with Crippen molar-refractivity contribution in [3.05, 3.63) is 65.2 Å². The third-order valence-electron chi connectivity index (χ3n) is 4.62. The second-order valence-electron chi connectivity index (χ2n) is 6.54. The standard InChI is InChI=1S/C24H26O6/c1-16(20(26)9-5-17-7-11-22(28-2)19(13-17)15-25)21(27)10-6-18-8-12-23(29-3)24(14-18)30-4/h5-14,16,25H,15H2,1-4H3/b9-5+,10-6+. The lowest BCUT2D eigenvalue weighted by molar-refractivity contribution is -0.126. The Bertz CT molecular complexity index is 881. The number of hydrogen-bond acceptors (Lipinski definition) is 6. The minimum absolute atomic E-state index is 0.172. The molecule has 1 unspecified atom stereocenters. The molecule has 1 atom stereocenters. The summed E-state index contributed by atoms with van der Waals surface area (Å²) in [7, 11) is 4.61. The lowest BCUT2D eigenvalue weighted by atomic mass is 9.99. The first kappa shape index (κ1) is 22.9. The van der Waals surface area contributed by atoms with Gasteiger partial charge in [-0.3, -0.25) is 9.59 Å². The highest BCUT2D eigenvalue weighted by Gasteiger charge is 2.16. The lowest BCUT2D eigenvalue weighted by Gasteiger charge is -2.08. The van der Waals surface area contributed by atoms with Crippen LogP contribution in [0.5, 0.6) is 17.2 Å². The summed E-state index contributed by atoms with van der Waals surface area (Å²) < 4.78 is 15.6. The molecular formula is C24H26O6. The zero-order valence-corrected chi connectivity index (χ0v) is 17.5. The minimum atomic E-state index is -0.812. The van der Waals surface area contributed by atoms with E-state index in [1.165, 1.54) is 26.4 Å². The van der Waals surface area contributed by atoms with Crippen LogP contribution in [0.1, 0.15) is 23.6 Å². The van der Waals surface area contributed by atoms with Crippen molar-refractivity contribution in [1.29, 1.82) is 0 Å². The first-order valence-corrected chi connectivity index (χ1v) is 9.37. The zero-order valence-electron chi connectivity index (χ0n) is 17.5. The molecule has 0 spiro atoms. The number of rotatable bonds is 10. The highest BCUT2D eigenvalue weighted by molar-refractivity contribution is 6.13. The van der Waals surface area contributed by atoms with Crippen LogP contribution in [0.2, 0.25) is 0 Å². The monoisotopic (exact) mass is 410 g/mol. The molecule has 0 aliphatic carbocycles. The molecule has 0 fully saturated rings. The number of benzene rings is 2. The van der Waals surface area contributed by atoms with E-state index in [0.717, 1.165) is 11.1 Å². The molecule has 158 valence electrons. The van der Waals surface area contributed by atoms with E-state index >= 15 is 0 Å². The third-order valence-corrected chi connectivity index (χ3v) is 4.62. The highest BCUT2D eigenvalue weighted by atomic mass is 16.5. The number of carbonyl (C=O) groups is 2. The van der Waals surface area contributed by atoms with Crippen molar-refractivity contribution >= 4 is 23.7 Å². The van der Waals surface area contributed by atoms with Gasteiger partial charge in [-0.15, -0.1) is 0 Å². The van der Waals surface area contributed by atoms with Crippen LogP contribution in [0.25, 0.3) is 12.2 Å². The number of methoxy groups -OCH3 is 3. The number of carbonyl (C=O) groups excluding carboxylic acids is 2. The molecule has 2 aromatic carbocycles. The molecule has 0 radical (unpaired) electrons. The van der Waals surface area contributed by atoms with Gasteiger partial charge in [0.05, 0.1) is 33.9 Å². The van der Waals surface area contributed by atoms with Crippen molar-refractivity contribution in [1.82, 2.24) is 0 Å². The van der Waals surface area contributed by atoms with Crippen LogP contribution in [0.15, 0.2) is 48.6 Å². The van der Waals surface area contributed by atoms with Gasteiger partial charge in [-0.1, -0.05) is 24.3 Å². The van der Waals surface area contributed by atoms with Gasteiger partial charge in [0, 0.05) is 5.56 Å². The zero-order chi connectivity index (χ0) is 22.1. The van der Waals surface area contributed by atoms with E-state index in [4.69, 9.17) is 14.2 Å². The Balaban J connectivity index is 2.06. The number of ketones is 2. The molecule has 0 saturated heterocycles. The quantitative estimate of drug-likeness (QED) is 0.475. The molecule has 0 aliphatic heterocycles. The first-order chi connectivity index (χ1) is 14.4. The second-order valence-corrected chi connectivity index (χ2v) is 6.54. The molecular weight excluding hydrogens is 384 g/mol. The average molecular weight is 410 g/mol. The fourth-order valence-corrected chi connectivity index (χ4v) is 2.77. The van der Waals surface area contributed by atoms with Crippen LogP contribution in [0.4, 0.5) is 0 Å². The molecule has 0 saturated carbocycles. The van der Waals surface area contributed by atoms with Crippen LogP contribution in [0, 0.1) is 5.92 Å². The maximum atomic E-state index is 12.4. The number of aliphatic hydroxyl groups is 1. The fourth-order valence-electron chi connectivity index (χ4n) is 2.77. The van der Waals surface area contributed by atoms with Gasteiger partial charge in [0.2, 0.25) is 0 Å². The maximum absolute atomic E-state index is 12.4. The second kappa shape index (κ2) is 11.0. The van der Waals surface area contributed by atoms with E-state index in [9.17, 15) is 14.7 Å². The first-order valence-electron chi connectivity index (χ1n) is 9.37. The molecule has 0 aliphatic rings. The van der Waals surface area contributed by atoms with E-state index in [0.29, 0.717) is 22.8 Å². The predicted octanol–water partition coefficient (Wildman–Crippen LogP) is 3.71. The number of hydrogen-bond donors (Lipinski definition) is 1. The van der Waals surface area contributed by atoms with Gasteiger partial charge in [-0.05, 0) is 54.5 Å². The fraction of sp³-hybridized carbons (Fsp3) is 0.250. The van der Waals surface area contributed by atoms with E-state index < -0.39 is 5.92 Å². The third kappa shape index (κ3) is 5.81. The average Bonchev–Trinajstić information content (AvgIpc) is 2.79. The van der Waals surface area contributed by atoms with E-state index in [2.05, 4.69) is 0 Å².